The highest BCUT2D eigenvalue weighted by atomic mass is 35.5. The van der Waals surface area contributed by atoms with Crippen molar-refractivity contribution in [2.24, 2.45) is 13.0 Å². The van der Waals surface area contributed by atoms with E-state index in [-0.39, 0.29) is 49.7 Å². The second-order valence-electron chi connectivity index (χ2n) is 15.3. The number of imide groups is 1. The summed E-state index contributed by atoms with van der Waals surface area (Å²) in [7, 11) is 4.60. The predicted octanol–water partition coefficient (Wildman–Crippen LogP) is 4.87. The van der Waals surface area contributed by atoms with Crippen molar-refractivity contribution in [3.8, 4) is 23.0 Å². The Hall–Kier alpha value is -6.87. The van der Waals surface area contributed by atoms with E-state index in [4.69, 9.17) is 25.8 Å². The zero-order valence-electron chi connectivity index (χ0n) is 33.7. The number of carbonyl (C=O) groups is 2. The van der Waals surface area contributed by atoms with Crippen LogP contribution in [0.4, 0.5) is 5.69 Å². The van der Waals surface area contributed by atoms with Gasteiger partial charge in [0.2, 0.25) is 11.8 Å². The fraction of sp³-hybridized carbons (Fsp3) is 0.289. The van der Waals surface area contributed by atoms with E-state index in [1.165, 1.54) is 39.1 Å². The monoisotopic (exact) mass is 844 g/mol. The molecular formula is C45H41ClN6O9. The van der Waals surface area contributed by atoms with Crippen molar-refractivity contribution < 1.29 is 28.9 Å². The summed E-state index contributed by atoms with van der Waals surface area (Å²) in [5.41, 5.74) is 0.0422. The zero-order chi connectivity index (χ0) is 42.9. The number of benzene rings is 4. The molecule has 61 heavy (non-hydrogen) atoms. The van der Waals surface area contributed by atoms with Crippen molar-refractivity contribution in [2.45, 2.75) is 50.2 Å². The third kappa shape index (κ3) is 5.92. The Morgan fingerprint density at radius 3 is 2.36 bits per heavy atom. The molecule has 1 saturated heterocycles. The predicted molar refractivity (Wildman–Crippen MR) is 226 cm³/mol. The third-order valence-electron chi connectivity index (χ3n) is 12.3. The van der Waals surface area contributed by atoms with Gasteiger partial charge in [-0.05, 0) is 60.4 Å². The molecule has 0 unspecified atom stereocenters. The molecule has 3 aliphatic rings. The van der Waals surface area contributed by atoms with E-state index in [2.05, 4.69) is 4.98 Å². The van der Waals surface area contributed by atoms with Crippen LogP contribution in [-0.4, -0.2) is 61.2 Å². The van der Waals surface area contributed by atoms with Gasteiger partial charge in [-0.2, -0.15) is 0 Å². The Morgan fingerprint density at radius 2 is 1.64 bits per heavy atom. The van der Waals surface area contributed by atoms with Crippen LogP contribution in [0.15, 0.2) is 111 Å². The van der Waals surface area contributed by atoms with E-state index in [1.807, 2.05) is 36.4 Å². The lowest BCUT2D eigenvalue weighted by Crippen LogP contribution is -2.53. The normalized spacial score (nSPS) is 20.6. The summed E-state index contributed by atoms with van der Waals surface area (Å²) in [4.78, 5) is 78.8. The summed E-state index contributed by atoms with van der Waals surface area (Å²) in [6.45, 7) is 1.85. The number of hydrogen-bond acceptors (Lipinski definition) is 10. The van der Waals surface area contributed by atoms with Crippen LogP contribution < -0.4 is 36.0 Å². The molecule has 2 amide bonds. The molecule has 4 aromatic carbocycles. The van der Waals surface area contributed by atoms with Crippen LogP contribution in [0, 0.1) is 5.92 Å². The summed E-state index contributed by atoms with van der Waals surface area (Å²) in [5, 5.41) is 11.2. The molecule has 6 aromatic rings. The van der Waals surface area contributed by atoms with Crippen LogP contribution in [-0.2, 0) is 41.6 Å². The number of phenolic OH excluding ortho intramolecular Hbond substituents is 1. The zero-order valence-corrected chi connectivity index (χ0v) is 34.5. The Morgan fingerprint density at radius 1 is 0.885 bits per heavy atom. The summed E-state index contributed by atoms with van der Waals surface area (Å²) < 4.78 is 21.9. The molecule has 1 N–H and O–H groups in total. The smallest absolute Gasteiger partial charge is 0.347 e. The maximum absolute atomic E-state index is 15.5. The largest absolute Gasteiger partial charge is 0.504 e. The quantitative estimate of drug-likeness (QED) is 0.148. The highest BCUT2D eigenvalue weighted by Gasteiger charge is 2.68. The topological polar surface area (TPSA) is 169 Å². The van der Waals surface area contributed by atoms with Crippen molar-refractivity contribution in [2.75, 3.05) is 25.7 Å². The number of methoxy groups -OCH3 is 2. The first-order valence-electron chi connectivity index (χ1n) is 19.8. The first-order chi connectivity index (χ1) is 29.4. The fourth-order valence-corrected chi connectivity index (χ4v) is 9.88. The molecule has 1 saturated carbocycles. The molecular weight excluding hydrogens is 804 g/mol. The minimum absolute atomic E-state index is 0.00328. The lowest BCUT2D eigenvalue weighted by Gasteiger charge is -2.49. The molecule has 4 heterocycles. The van der Waals surface area contributed by atoms with Crippen LogP contribution in [0.5, 0.6) is 23.0 Å². The van der Waals surface area contributed by atoms with Gasteiger partial charge in [0, 0.05) is 43.1 Å². The van der Waals surface area contributed by atoms with E-state index in [0.29, 0.717) is 49.9 Å². The van der Waals surface area contributed by atoms with Gasteiger partial charge < -0.3 is 23.9 Å². The fourth-order valence-electron chi connectivity index (χ4n) is 9.69. The van der Waals surface area contributed by atoms with Crippen molar-refractivity contribution in [3.63, 3.8) is 0 Å². The van der Waals surface area contributed by atoms with Crippen molar-refractivity contribution in [3.05, 3.63) is 150 Å². The Labute approximate surface area is 353 Å². The number of ether oxygens (including phenoxy) is 3. The first-order valence-corrected chi connectivity index (χ1v) is 20.2. The molecule has 2 aliphatic heterocycles. The van der Waals surface area contributed by atoms with E-state index >= 15 is 9.59 Å². The molecule has 0 radical (unpaired) electrons. The van der Waals surface area contributed by atoms with Crippen LogP contribution in [0.2, 0.25) is 5.02 Å². The number of aryl methyl sites for hydroxylation is 2. The second kappa shape index (κ2) is 15.0. The average Bonchev–Trinajstić information content (AvgIpc) is 3.65. The Kier molecular flexibility index (Phi) is 9.73. The minimum atomic E-state index is -1.54. The van der Waals surface area contributed by atoms with Crippen molar-refractivity contribution >= 4 is 40.1 Å². The van der Waals surface area contributed by atoms with Gasteiger partial charge in [-0.15, -0.1) is 0 Å². The Balaban J connectivity index is 1.19. The summed E-state index contributed by atoms with van der Waals surface area (Å²) in [5.74, 6) is -1.93. The van der Waals surface area contributed by atoms with Crippen molar-refractivity contribution in [1.82, 2.24) is 23.5 Å². The first kappa shape index (κ1) is 39.6. The van der Waals surface area contributed by atoms with E-state index in [1.54, 1.807) is 62.5 Å². The second-order valence-corrected chi connectivity index (χ2v) is 15.7. The minimum Gasteiger partial charge on any atom is -0.504 e. The molecule has 2 aromatic heterocycles. The molecule has 16 heteroatoms. The number of fused-ring (bicyclic) bond motifs is 5. The number of amides is 2. The average molecular weight is 845 g/mol. The molecule has 0 spiro atoms. The third-order valence-corrected chi connectivity index (χ3v) is 12.6. The summed E-state index contributed by atoms with van der Waals surface area (Å²) in [6, 6.07) is 23.0. The van der Waals surface area contributed by atoms with Crippen LogP contribution in [0.3, 0.4) is 0 Å². The summed E-state index contributed by atoms with van der Waals surface area (Å²) >= 11 is 6.43. The van der Waals surface area contributed by atoms with Gasteiger partial charge in [-0.3, -0.25) is 14.4 Å². The number of aromatic nitrogens is 5. The maximum Gasteiger partial charge on any atom is 0.347 e. The number of rotatable bonds is 10. The number of carbonyl (C=O) groups excluding carboxylic acids is 2. The molecule has 0 bridgehead atoms. The number of aromatic hydroxyl groups is 1. The molecule has 4 atom stereocenters. The molecule has 15 nitrogen and oxygen atoms in total. The van der Waals surface area contributed by atoms with Crippen LogP contribution in [0.25, 0.3) is 11.0 Å². The number of hydrogen-bond donors (Lipinski definition) is 1. The van der Waals surface area contributed by atoms with Gasteiger partial charge in [-0.1, -0.05) is 60.1 Å². The van der Waals surface area contributed by atoms with Gasteiger partial charge in [0.15, 0.2) is 23.0 Å². The van der Waals surface area contributed by atoms with E-state index < -0.39 is 52.0 Å². The van der Waals surface area contributed by atoms with Crippen LogP contribution in [0.1, 0.15) is 42.1 Å². The van der Waals surface area contributed by atoms with Gasteiger partial charge in [-0.25, -0.2) is 33.4 Å². The molecule has 312 valence electrons. The summed E-state index contributed by atoms with van der Waals surface area (Å²) in [6.07, 6.45) is 1.81. The van der Waals surface area contributed by atoms with Gasteiger partial charge in [0.05, 0.1) is 61.5 Å². The standard InChI is InChI=1S/C45H41ClN6O9/c1-5-61-36-20-25(14-15-35(36)53)39-29-16-19-50-43(57)49(18-17-31-41(55)48(2)34-24-38(60-4)37(59-3)23-32(34)47-31)44(58)52(50)33(29)22-30-40(54)51(28-13-9-12-27(46)21-28)42(56)45(30,39)26-10-7-6-8-11-26/h6-16,20-21,23-24,30,33,39,53H,5,17-19,22H2,1-4H3/t30-,33+,39-,45+/m0/s1. The SMILES string of the molecule is CCOc1cc([C@H]2C3=CCn4c(=O)n(CCc5nc6cc(OC)c(OC)cc6n(C)c5=O)c(=O)n4[C@@H]3C[C@H]3C(=O)N(c4cccc(Cl)c4)C(=O)[C@@]23c2ccccc2)ccc1O. The lowest BCUT2D eigenvalue weighted by molar-refractivity contribution is -0.124. The number of nitrogens with zero attached hydrogens (tertiary/aromatic N) is 6. The highest BCUT2D eigenvalue weighted by molar-refractivity contribution is 6.32. The number of allylic oxidation sites excluding steroid dienone is 2. The molecule has 2 fully saturated rings. The van der Waals surface area contributed by atoms with E-state index in [0.717, 1.165) is 4.57 Å². The maximum atomic E-state index is 15.5. The van der Waals surface area contributed by atoms with Gasteiger partial charge >= 0.3 is 11.4 Å². The number of phenols is 1. The molecule has 9 rings (SSSR count). The van der Waals surface area contributed by atoms with Gasteiger partial charge in [0.1, 0.15) is 5.69 Å². The van der Waals surface area contributed by atoms with Crippen LogP contribution >= 0.6 is 11.6 Å². The van der Waals surface area contributed by atoms with Gasteiger partial charge in [0.25, 0.3) is 5.56 Å². The Bertz CT molecular complexity index is 3010. The molecule has 1 aliphatic carbocycles. The highest BCUT2D eigenvalue weighted by Crippen LogP contribution is 2.62. The lowest BCUT2D eigenvalue weighted by atomic mass is 9.53. The number of anilines is 1. The van der Waals surface area contributed by atoms with E-state index in [9.17, 15) is 19.5 Å². The number of halogens is 1. The van der Waals surface area contributed by atoms with Crippen molar-refractivity contribution in [1.29, 1.82) is 0 Å².